The Bertz CT molecular complexity index is 1160. The average molecular weight is 402 g/mol. The molecule has 2 heterocycles. The van der Waals surface area contributed by atoms with Gasteiger partial charge in [0.2, 0.25) is 0 Å². The summed E-state index contributed by atoms with van der Waals surface area (Å²) in [5, 5.41) is 12.3. The van der Waals surface area contributed by atoms with E-state index in [2.05, 4.69) is 22.6 Å². The molecular formula is C24H26N4O2. The molecule has 2 aromatic carbocycles. The van der Waals surface area contributed by atoms with Crippen LogP contribution in [0.4, 0.5) is 5.69 Å². The zero-order valence-electron chi connectivity index (χ0n) is 17.2. The molecule has 0 radical (unpaired) electrons. The second-order valence-electron chi connectivity index (χ2n) is 7.44. The number of aromatic nitrogens is 3. The lowest BCUT2D eigenvalue weighted by molar-refractivity contribution is 0.527. The van der Waals surface area contributed by atoms with Crippen LogP contribution in [0.3, 0.4) is 0 Å². The number of nitrogens with one attached hydrogen (secondary N) is 1. The first-order chi connectivity index (χ1) is 14.7. The predicted molar refractivity (Wildman–Crippen MR) is 119 cm³/mol. The molecule has 154 valence electrons. The van der Waals surface area contributed by atoms with Gasteiger partial charge in [0.05, 0.1) is 18.1 Å². The van der Waals surface area contributed by atoms with E-state index in [1.165, 1.54) is 19.3 Å². The smallest absolute Gasteiger partial charge is 0.193 e. The number of anilines is 1. The molecule has 0 unspecified atom stereocenters. The molecule has 0 bridgehead atoms. The van der Waals surface area contributed by atoms with E-state index in [-0.39, 0.29) is 5.43 Å². The SMILES string of the molecule is CCCCCCn1cc(CNc2ccc3oc(-c4ccccc4)cc(=O)c3c2)nn1. The van der Waals surface area contributed by atoms with Gasteiger partial charge in [-0.25, -0.2) is 0 Å². The monoisotopic (exact) mass is 402 g/mol. The van der Waals surface area contributed by atoms with Crippen LogP contribution in [0.15, 0.2) is 70.0 Å². The van der Waals surface area contributed by atoms with Crippen molar-refractivity contribution in [3.8, 4) is 11.3 Å². The summed E-state index contributed by atoms with van der Waals surface area (Å²) < 4.78 is 7.85. The molecule has 4 aromatic rings. The van der Waals surface area contributed by atoms with Crippen molar-refractivity contribution in [2.45, 2.75) is 45.7 Å². The van der Waals surface area contributed by atoms with Crippen LogP contribution in [-0.2, 0) is 13.1 Å². The third-order valence-electron chi connectivity index (χ3n) is 5.09. The quantitative estimate of drug-likeness (QED) is 0.387. The molecule has 0 atom stereocenters. The lowest BCUT2D eigenvalue weighted by Gasteiger charge is -2.07. The van der Waals surface area contributed by atoms with Gasteiger partial charge in [-0.1, -0.05) is 61.7 Å². The first kappa shape index (κ1) is 19.9. The topological polar surface area (TPSA) is 73.0 Å². The number of benzene rings is 2. The molecule has 6 heteroatoms. The van der Waals surface area contributed by atoms with Crippen molar-refractivity contribution >= 4 is 16.7 Å². The third-order valence-corrected chi connectivity index (χ3v) is 5.09. The summed E-state index contributed by atoms with van der Waals surface area (Å²) >= 11 is 0. The van der Waals surface area contributed by atoms with Gasteiger partial charge < -0.3 is 9.73 Å². The van der Waals surface area contributed by atoms with Crippen LogP contribution < -0.4 is 10.7 Å². The van der Waals surface area contributed by atoms with Crippen molar-refractivity contribution in [3.63, 3.8) is 0 Å². The highest BCUT2D eigenvalue weighted by Crippen LogP contribution is 2.23. The van der Waals surface area contributed by atoms with Crippen LogP contribution in [0.2, 0.25) is 0 Å². The minimum atomic E-state index is -0.0585. The highest BCUT2D eigenvalue weighted by atomic mass is 16.3. The van der Waals surface area contributed by atoms with E-state index in [9.17, 15) is 4.79 Å². The molecule has 30 heavy (non-hydrogen) atoms. The van der Waals surface area contributed by atoms with Gasteiger partial charge in [-0.15, -0.1) is 5.10 Å². The van der Waals surface area contributed by atoms with Crippen LogP contribution in [0.5, 0.6) is 0 Å². The van der Waals surface area contributed by atoms with Crippen molar-refractivity contribution in [3.05, 3.63) is 76.7 Å². The Hall–Kier alpha value is -3.41. The Morgan fingerprint density at radius 3 is 2.73 bits per heavy atom. The minimum Gasteiger partial charge on any atom is -0.456 e. The standard InChI is InChI=1S/C24H26N4O2/c1-2-3-4-8-13-28-17-20(26-27-28)16-25-19-11-12-23-21(14-19)22(29)15-24(30-23)18-9-6-5-7-10-18/h5-7,9-12,14-15,17,25H,2-4,8,13,16H2,1H3. The molecule has 2 aromatic heterocycles. The summed E-state index contributed by atoms with van der Waals surface area (Å²) in [6.07, 6.45) is 6.79. The molecule has 0 fully saturated rings. The van der Waals surface area contributed by atoms with Gasteiger partial charge in [0.15, 0.2) is 5.43 Å². The van der Waals surface area contributed by atoms with E-state index in [1.54, 1.807) is 6.07 Å². The van der Waals surface area contributed by atoms with E-state index in [0.29, 0.717) is 23.3 Å². The molecule has 1 N–H and O–H groups in total. The summed E-state index contributed by atoms with van der Waals surface area (Å²) in [6.45, 7) is 3.65. The average Bonchev–Trinajstić information content (AvgIpc) is 3.24. The van der Waals surface area contributed by atoms with E-state index in [4.69, 9.17) is 4.42 Å². The second-order valence-corrected chi connectivity index (χ2v) is 7.44. The molecule has 0 aliphatic heterocycles. The van der Waals surface area contributed by atoms with Crippen LogP contribution in [-0.4, -0.2) is 15.0 Å². The van der Waals surface area contributed by atoms with Gasteiger partial charge in [0, 0.05) is 23.9 Å². The minimum absolute atomic E-state index is 0.0585. The lowest BCUT2D eigenvalue weighted by Crippen LogP contribution is -2.03. The summed E-state index contributed by atoms with van der Waals surface area (Å²) in [5.74, 6) is 0.573. The first-order valence-electron chi connectivity index (χ1n) is 10.5. The summed E-state index contributed by atoms with van der Waals surface area (Å²) in [6, 6.07) is 16.8. The Morgan fingerprint density at radius 2 is 1.90 bits per heavy atom. The normalized spacial score (nSPS) is 11.1. The number of hydrogen-bond acceptors (Lipinski definition) is 5. The third kappa shape index (κ3) is 4.76. The van der Waals surface area contributed by atoms with E-state index in [0.717, 1.165) is 29.9 Å². The molecule has 4 rings (SSSR count). The molecule has 0 saturated carbocycles. The molecule has 0 saturated heterocycles. The Kier molecular flexibility index (Phi) is 6.23. The Balaban J connectivity index is 1.44. The van der Waals surface area contributed by atoms with Gasteiger partial charge in [-0.2, -0.15) is 0 Å². The zero-order chi connectivity index (χ0) is 20.8. The second kappa shape index (κ2) is 9.39. The van der Waals surface area contributed by atoms with Gasteiger partial charge >= 0.3 is 0 Å². The largest absolute Gasteiger partial charge is 0.456 e. The van der Waals surface area contributed by atoms with Crippen LogP contribution in [0.25, 0.3) is 22.3 Å². The van der Waals surface area contributed by atoms with E-state index < -0.39 is 0 Å². The fourth-order valence-corrected chi connectivity index (χ4v) is 3.43. The fraction of sp³-hybridized carbons (Fsp3) is 0.292. The van der Waals surface area contributed by atoms with Gasteiger partial charge in [-0.05, 0) is 24.6 Å². The maximum absolute atomic E-state index is 12.6. The van der Waals surface area contributed by atoms with E-state index >= 15 is 0 Å². The number of fused-ring (bicyclic) bond motifs is 1. The van der Waals surface area contributed by atoms with Gasteiger partial charge in [0.1, 0.15) is 17.0 Å². The van der Waals surface area contributed by atoms with Crippen LogP contribution in [0, 0.1) is 0 Å². The Morgan fingerprint density at radius 1 is 1.03 bits per heavy atom. The molecule has 0 spiro atoms. The highest BCUT2D eigenvalue weighted by molar-refractivity contribution is 5.82. The predicted octanol–water partition coefficient (Wildman–Crippen LogP) is 5.24. The molecule has 0 aliphatic rings. The molecule has 0 aliphatic carbocycles. The van der Waals surface area contributed by atoms with Gasteiger partial charge in [0.25, 0.3) is 0 Å². The number of unbranched alkanes of at least 4 members (excludes halogenated alkanes) is 3. The van der Waals surface area contributed by atoms with Crippen molar-refractivity contribution in [1.82, 2.24) is 15.0 Å². The summed E-state index contributed by atoms with van der Waals surface area (Å²) in [7, 11) is 0. The maximum Gasteiger partial charge on any atom is 0.193 e. The van der Waals surface area contributed by atoms with Crippen molar-refractivity contribution in [1.29, 1.82) is 0 Å². The first-order valence-corrected chi connectivity index (χ1v) is 10.5. The van der Waals surface area contributed by atoms with Crippen molar-refractivity contribution < 1.29 is 4.42 Å². The molecule has 6 nitrogen and oxygen atoms in total. The zero-order valence-corrected chi connectivity index (χ0v) is 17.2. The van der Waals surface area contributed by atoms with E-state index in [1.807, 2.05) is 59.4 Å². The van der Waals surface area contributed by atoms with Crippen LogP contribution in [0.1, 0.15) is 38.3 Å². The highest BCUT2D eigenvalue weighted by Gasteiger charge is 2.08. The van der Waals surface area contributed by atoms with Crippen molar-refractivity contribution in [2.24, 2.45) is 0 Å². The maximum atomic E-state index is 12.6. The Labute approximate surface area is 175 Å². The fourth-order valence-electron chi connectivity index (χ4n) is 3.43. The number of aryl methyl sites for hydroxylation is 1. The van der Waals surface area contributed by atoms with Gasteiger partial charge in [-0.3, -0.25) is 9.48 Å². The van der Waals surface area contributed by atoms with Crippen LogP contribution >= 0.6 is 0 Å². The summed E-state index contributed by atoms with van der Waals surface area (Å²) in [4.78, 5) is 12.6. The number of nitrogens with zero attached hydrogens (tertiary/aromatic N) is 3. The number of hydrogen-bond donors (Lipinski definition) is 1. The summed E-state index contributed by atoms with van der Waals surface area (Å²) in [5.41, 5.74) is 3.12. The molecule has 0 amide bonds. The lowest BCUT2D eigenvalue weighted by atomic mass is 10.1. The number of rotatable bonds is 9. The van der Waals surface area contributed by atoms with Crippen molar-refractivity contribution in [2.75, 3.05) is 5.32 Å². The molecular weight excluding hydrogens is 376 g/mol.